The number of H-pyrrole nitrogens is 1. The number of nitrogens with one attached hydrogen (secondary N) is 2. The predicted octanol–water partition coefficient (Wildman–Crippen LogP) is 4.69. The van der Waals surface area contributed by atoms with Crippen LogP contribution in [0, 0.1) is 34.5 Å². The summed E-state index contributed by atoms with van der Waals surface area (Å²) in [5.74, 6) is 1.74. The van der Waals surface area contributed by atoms with Gasteiger partial charge < -0.3 is 14.9 Å². The molecule has 0 radical (unpaired) electrons. The normalized spacial score (nSPS) is 25.1. The van der Waals surface area contributed by atoms with E-state index in [4.69, 9.17) is 15.5 Å². The average molecular weight is 458 g/mol. The molecule has 1 amide bonds. The molecule has 0 bridgehead atoms. The lowest BCUT2D eigenvalue weighted by Crippen LogP contribution is -2.39. The van der Waals surface area contributed by atoms with E-state index in [-0.39, 0.29) is 24.4 Å². The Hall–Kier alpha value is -3.39. The van der Waals surface area contributed by atoms with Crippen LogP contribution < -0.4 is 5.32 Å². The molecule has 0 saturated heterocycles. The Kier molecular flexibility index (Phi) is 6.49. The van der Waals surface area contributed by atoms with E-state index < -0.39 is 0 Å². The third kappa shape index (κ3) is 4.50. The minimum absolute atomic E-state index is 0.0109. The number of aromatic nitrogens is 4. The quantitative estimate of drug-likeness (QED) is 0.556. The molecule has 2 N–H and O–H groups in total. The number of imidazole rings is 1. The average Bonchev–Trinajstić information content (AvgIpc) is 3.45. The van der Waals surface area contributed by atoms with Crippen molar-refractivity contribution in [3.05, 3.63) is 24.3 Å². The number of hydrogen-bond acceptors (Lipinski definition) is 5. The van der Waals surface area contributed by atoms with Crippen molar-refractivity contribution < 1.29 is 4.79 Å². The zero-order chi connectivity index (χ0) is 23.5. The highest BCUT2D eigenvalue weighted by atomic mass is 16.1. The van der Waals surface area contributed by atoms with E-state index in [1.54, 1.807) is 6.20 Å². The Morgan fingerprint density at radius 2 is 1.74 bits per heavy atom. The second kappa shape index (κ2) is 9.85. The summed E-state index contributed by atoms with van der Waals surface area (Å²) in [6.07, 6.45) is 13.1. The van der Waals surface area contributed by atoms with Crippen LogP contribution in [0.2, 0.25) is 0 Å². The summed E-state index contributed by atoms with van der Waals surface area (Å²) in [5, 5.41) is 22.3. The van der Waals surface area contributed by atoms with Crippen LogP contribution in [-0.2, 0) is 11.2 Å². The van der Waals surface area contributed by atoms with Crippen LogP contribution >= 0.6 is 0 Å². The summed E-state index contributed by atoms with van der Waals surface area (Å²) in [7, 11) is 0. The molecule has 3 heterocycles. The number of rotatable bonds is 6. The van der Waals surface area contributed by atoms with Crippen LogP contribution in [0.15, 0.2) is 18.5 Å². The second-order valence-electron chi connectivity index (χ2n) is 9.99. The van der Waals surface area contributed by atoms with Gasteiger partial charge in [0.05, 0.1) is 30.3 Å². The van der Waals surface area contributed by atoms with Gasteiger partial charge in [-0.25, -0.2) is 9.97 Å². The van der Waals surface area contributed by atoms with E-state index in [2.05, 4.69) is 32.0 Å². The maximum Gasteiger partial charge on any atom is 0.227 e. The highest BCUT2D eigenvalue weighted by Crippen LogP contribution is 2.38. The largest absolute Gasteiger partial charge is 0.353 e. The number of fused-ring (bicyclic) bond motifs is 3. The molecule has 3 aromatic rings. The summed E-state index contributed by atoms with van der Waals surface area (Å²) in [4.78, 5) is 25.7. The number of aromatic amines is 1. The van der Waals surface area contributed by atoms with Crippen LogP contribution in [0.5, 0.6) is 0 Å². The summed E-state index contributed by atoms with van der Waals surface area (Å²) < 4.78 is 2.29. The molecule has 2 aliphatic carbocycles. The van der Waals surface area contributed by atoms with Crippen molar-refractivity contribution in [1.29, 1.82) is 10.5 Å². The molecule has 5 rings (SSSR count). The number of nitriles is 2. The first-order valence-corrected chi connectivity index (χ1v) is 12.5. The van der Waals surface area contributed by atoms with E-state index in [0.29, 0.717) is 24.7 Å². The molecule has 0 unspecified atom stereocenters. The van der Waals surface area contributed by atoms with Gasteiger partial charge in [-0.2, -0.15) is 10.5 Å². The molecule has 8 nitrogen and oxygen atoms in total. The Morgan fingerprint density at radius 1 is 1.06 bits per heavy atom. The maximum atomic E-state index is 13.1. The maximum absolute atomic E-state index is 13.1. The van der Waals surface area contributed by atoms with Crippen LogP contribution in [0.4, 0.5) is 0 Å². The minimum atomic E-state index is 0.0109. The summed E-state index contributed by atoms with van der Waals surface area (Å²) in [5.41, 5.74) is 2.71. The third-order valence-corrected chi connectivity index (χ3v) is 7.78. The Labute approximate surface area is 199 Å². The summed E-state index contributed by atoms with van der Waals surface area (Å²) in [6, 6.07) is 7.08. The molecular weight excluding hydrogens is 426 g/mol. The monoisotopic (exact) mass is 457 g/mol. The highest BCUT2D eigenvalue weighted by molar-refractivity contribution is 6.01. The van der Waals surface area contributed by atoms with Crippen molar-refractivity contribution in [3.63, 3.8) is 0 Å². The molecule has 176 valence electrons. The highest BCUT2D eigenvalue weighted by Gasteiger charge is 2.28. The number of hydrogen-bond donors (Lipinski definition) is 2. The number of amides is 1. The Morgan fingerprint density at radius 3 is 2.41 bits per heavy atom. The second-order valence-corrected chi connectivity index (χ2v) is 9.99. The first-order valence-electron chi connectivity index (χ1n) is 12.5. The van der Waals surface area contributed by atoms with Gasteiger partial charge in [0.25, 0.3) is 0 Å². The fraction of sp³-hybridized carbons (Fsp3) is 0.577. The van der Waals surface area contributed by atoms with Crippen molar-refractivity contribution >= 4 is 28.0 Å². The fourth-order valence-corrected chi connectivity index (χ4v) is 5.96. The molecule has 0 aromatic carbocycles. The van der Waals surface area contributed by atoms with Gasteiger partial charge in [0.1, 0.15) is 17.0 Å². The van der Waals surface area contributed by atoms with Crippen LogP contribution in [0.1, 0.15) is 76.1 Å². The number of pyridine rings is 1. The molecule has 2 fully saturated rings. The smallest absolute Gasteiger partial charge is 0.227 e. The van der Waals surface area contributed by atoms with Gasteiger partial charge in [-0.3, -0.25) is 4.79 Å². The van der Waals surface area contributed by atoms with Crippen LogP contribution in [-0.4, -0.2) is 31.5 Å². The zero-order valence-corrected chi connectivity index (χ0v) is 19.5. The van der Waals surface area contributed by atoms with E-state index in [0.717, 1.165) is 79.3 Å². The van der Waals surface area contributed by atoms with E-state index >= 15 is 0 Å². The van der Waals surface area contributed by atoms with Crippen LogP contribution in [0.3, 0.4) is 0 Å². The first kappa shape index (κ1) is 22.4. The Bertz CT molecular complexity index is 1240. The van der Waals surface area contributed by atoms with E-state index in [1.165, 1.54) is 0 Å². The van der Waals surface area contributed by atoms with Crippen molar-refractivity contribution in [3.8, 4) is 12.1 Å². The van der Waals surface area contributed by atoms with Gasteiger partial charge in [0, 0.05) is 36.5 Å². The van der Waals surface area contributed by atoms with Crippen LogP contribution in [0.25, 0.3) is 22.1 Å². The molecule has 0 spiro atoms. The standard InChI is InChI=1S/C26H31N7O/c27-12-9-17-1-5-19(6-2-17)31-24(34)15-23-32-22-16-30-26-21(11-14-29-26)25(22)33(23)20-7-3-18(4-8-20)10-13-28/h11,14,16-20H,1-10,15H2,(H,29,30)(H,31,34)/t17-,18-,19-,20-. The molecule has 8 heteroatoms. The lowest BCUT2D eigenvalue weighted by atomic mass is 9.84. The fourth-order valence-electron chi connectivity index (χ4n) is 5.96. The Balaban J connectivity index is 1.38. The minimum Gasteiger partial charge on any atom is -0.353 e. The van der Waals surface area contributed by atoms with Crippen molar-refractivity contribution in [2.75, 3.05) is 0 Å². The third-order valence-electron chi connectivity index (χ3n) is 7.78. The molecular formula is C26H31N7O. The van der Waals surface area contributed by atoms with Crippen molar-refractivity contribution in [2.45, 2.75) is 82.7 Å². The zero-order valence-electron chi connectivity index (χ0n) is 19.5. The predicted molar refractivity (Wildman–Crippen MR) is 128 cm³/mol. The number of nitrogens with zero attached hydrogens (tertiary/aromatic N) is 5. The first-order chi connectivity index (χ1) is 16.7. The summed E-state index contributed by atoms with van der Waals surface area (Å²) >= 11 is 0. The topological polar surface area (TPSA) is 123 Å². The molecule has 2 saturated carbocycles. The van der Waals surface area contributed by atoms with Gasteiger partial charge in [0.15, 0.2) is 0 Å². The molecule has 0 aliphatic heterocycles. The number of carbonyl (C=O) groups excluding carboxylic acids is 1. The molecule has 2 aliphatic rings. The summed E-state index contributed by atoms with van der Waals surface area (Å²) in [6.45, 7) is 0. The molecule has 0 atom stereocenters. The van der Waals surface area contributed by atoms with Gasteiger partial charge in [-0.1, -0.05) is 0 Å². The molecule has 34 heavy (non-hydrogen) atoms. The van der Waals surface area contributed by atoms with Gasteiger partial charge in [-0.05, 0) is 69.3 Å². The van der Waals surface area contributed by atoms with Gasteiger partial charge in [-0.15, -0.1) is 0 Å². The van der Waals surface area contributed by atoms with E-state index in [9.17, 15) is 4.79 Å². The lowest BCUT2D eigenvalue weighted by Gasteiger charge is -2.30. The van der Waals surface area contributed by atoms with Crippen molar-refractivity contribution in [2.24, 2.45) is 11.8 Å². The van der Waals surface area contributed by atoms with E-state index in [1.807, 2.05) is 12.3 Å². The SMILES string of the molecule is N#CC[C@H]1CC[C@H](NC(=O)Cc2nc3cnc4[nH]ccc4c3n2[C@H]2CC[C@H](CC#N)CC2)CC1. The number of carbonyl (C=O) groups is 1. The van der Waals surface area contributed by atoms with Gasteiger partial charge >= 0.3 is 0 Å². The van der Waals surface area contributed by atoms with Crippen molar-refractivity contribution in [1.82, 2.24) is 24.8 Å². The molecule has 3 aromatic heterocycles. The lowest BCUT2D eigenvalue weighted by molar-refractivity contribution is -0.121. The van der Waals surface area contributed by atoms with Gasteiger partial charge in [0.2, 0.25) is 5.91 Å².